The van der Waals surface area contributed by atoms with Crippen LogP contribution in [0.1, 0.15) is 11.1 Å². The molecule has 1 aromatic heterocycles. The first-order chi connectivity index (χ1) is 14.0. The van der Waals surface area contributed by atoms with Gasteiger partial charge in [-0.25, -0.2) is 4.39 Å². The Labute approximate surface area is 171 Å². The largest absolute Gasteiger partial charge is 0.492 e. The first kappa shape index (κ1) is 19.3. The third kappa shape index (κ3) is 4.08. The highest BCUT2D eigenvalue weighted by atomic mass is 19.1. The summed E-state index contributed by atoms with van der Waals surface area (Å²) in [5.41, 5.74) is 4.66. The summed E-state index contributed by atoms with van der Waals surface area (Å²) in [6.45, 7) is 1.51. The van der Waals surface area contributed by atoms with E-state index < -0.39 is 0 Å². The van der Waals surface area contributed by atoms with Gasteiger partial charge in [-0.05, 0) is 62.0 Å². The van der Waals surface area contributed by atoms with Gasteiger partial charge in [-0.2, -0.15) is 4.57 Å². The van der Waals surface area contributed by atoms with Crippen LogP contribution in [0.4, 0.5) is 4.39 Å². The fourth-order valence-electron chi connectivity index (χ4n) is 3.78. The number of aromatic nitrogens is 1. The van der Waals surface area contributed by atoms with Gasteiger partial charge >= 0.3 is 0 Å². The van der Waals surface area contributed by atoms with Gasteiger partial charge in [0.1, 0.15) is 25.2 Å². The summed E-state index contributed by atoms with van der Waals surface area (Å²) in [7, 11) is 6.17. The van der Waals surface area contributed by atoms with Crippen molar-refractivity contribution in [3.8, 4) is 5.75 Å². The maximum Gasteiger partial charge on any atom is 0.213 e. The van der Waals surface area contributed by atoms with Crippen LogP contribution >= 0.6 is 0 Å². The fourth-order valence-corrected chi connectivity index (χ4v) is 3.78. The average Bonchev–Trinajstić information content (AvgIpc) is 2.72. The number of rotatable bonds is 6. The number of hydrogen-bond acceptors (Lipinski definition) is 2. The minimum Gasteiger partial charge on any atom is -0.492 e. The molecule has 3 aromatic carbocycles. The van der Waals surface area contributed by atoms with Crippen LogP contribution in [0.5, 0.6) is 5.75 Å². The first-order valence-corrected chi connectivity index (χ1v) is 9.88. The van der Waals surface area contributed by atoms with E-state index in [9.17, 15) is 4.39 Å². The number of likely N-dealkylation sites (N-methyl/N-ethyl adjacent to an activating group) is 1. The number of aryl methyl sites for hydroxylation is 1. The second-order valence-corrected chi connectivity index (χ2v) is 7.69. The molecule has 1 heterocycles. The number of benzene rings is 3. The molecule has 4 heteroatoms. The van der Waals surface area contributed by atoms with E-state index in [1.807, 2.05) is 32.3 Å². The molecule has 0 radical (unpaired) electrons. The third-order valence-electron chi connectivity index (χ3n) is 5.35. The van der Waals surface area contributed by atoms with E-state index in [1.165, 1.54) is 28.6 Å². The highest BCUT2D eigenvalue weighted by molar-refractivity contribution is 5.94. The smallest absolute Gasteiger partial charge is 0.213 e. The molecule has 0 amide bonds. The van der Waals surface area contributed by atoms with Crippen molar-refractivity contribution in [1.29, 1.82) is 0 Å². The van der Waals surface area contributed by atoms with Crippen molar-refractivity contribution in [3.63, 3.8) is 0 Å². The first-order valence-electron chi connectivity index (χ1n) is 9.88. The standard InChI is InChI=1S/C25H26FN2O/c1-27(2)14-15-29-20-12-13-25-23(17-20)22(16-18-8-10-19(26)11-9-18)21-6-4-5-7-24(21)28(25)3/h4-13,17H,14-16H2,1-3H3/q+1. The molecule has 0 aliphatic carbocycles. The predicted octanol–water partition coefficient (Wildman–Crippen LogP) is 4.49. The Morgan fingerprint density at radius 3 is 2.38 bits per heavy atom. The Kier molecular flexibility index (Phi) is 5.45. The second kappa shape index (κ2) is 8.18. The molecular formula is C25H26FN2O+. The molecule has 0 saturated carbocycles. The van der Waals surface area contributed by atoms with Gasteiger partial charge in [0, 0.05) is 18.7 Å². The summed E-state index contributed by atoms with van der Waals surface area (Å²) in [6.07, 6.45) is 0.735. The number of fused-ring (bicyclic) bond motifs is 2. The van der Waals surface area contributed by atoms with E-state index in [1.54, 1.807) is 0 Å². The van der Waals surface area contributed by atoms with Gasteiger partial charge in [0.15, 0.2) is 0 Å². The molecule has 0 N–H and O–H groups in total. The molecule has 0 aliphatic heterocycles. The van der Waals surface area contributed by atoms with E-state index >= 15 is 0 Å². The lowest BCUT2D eigenvalue weighted by Crippen LogP contribution is -2.30. The van der Waals surface area contributed by atoms with Crippen LogP contribution in [0, 0.1) is 5.82 Å². The molecule has 0 fully saturated rings. The molecule has 4 rings (SSSR count). The molecule has 0 spiro atoms. The zero-order chi connectivity index (χ0) is 20.4. The van der Waals surface area contributed by atoms with Crippen molar-refractivity contribution in [2.75, 3.05) is 27.2 Å². The average molecular weight is 389 g/mol. The Balaban J connectivity index is 1.85. The van der Waals surface area contributed by atoms with Crippen molar-refractivity contribution in [1.82, 2.24) is 4.90 Å². The number of ether oxygens (including phenoxy) is 1. The van der Waals surface area contributed by atoms with Crippen molar-refractivity contribution in [2.24, 2.45) is 7.05 Å². The van der Waals surface area contributed by atoms with Crippen molar-refractivity contribution < 1.29 is 13.7 Å². The maximum atomic E-state index is 13.4. The Morgan fingerprint density at radius 2 is 1.62 bits per heavy atom. The number of pyridine rings is 1. The third-order valence-corrected chi connectivity index (χ3v) is 5.35. The summed E-state index contributed by atoms with van der Waals surface area (Å²) in [5, 5.41) is 2.37. The SMILES string of the molecule is CN(C)CCOc1ccc2c(c1)c(Cc1ccc(F)cc1)c1ccccc1[n+]2C. The Bertz CT molecular complexity index is 1150. The summed E-state index contributed by atoms with van der Waals surface area (Å²) >= 11 is 0. The van der Waals surface area contributed by atoms with Crippen LogP contribution < -0.4 is 9.30 Å². The van der Waals surface area contributed by atoms with E-state index in [2.05, 4.69) is 52.9 Å². The molecule has 4 aromatic rings. The van der Waals surface area contributed by atoms with E-state index in [0.29, 0.717) is 6.61 Å². The summed E-state index contributed by atoms with van der Waals surface area (Å²) in [6, 6.07) is 21.5. The minimum atomic E-state index is -0.209. The van der Waals surface area contributed by atoms with Gasteiger partial charge in [-0.1, -0.05) is 24.3 Å². The molecule has 0 atom stereocenters. The molecular weight excluding hydrogens is 363 g/mol. The van der Waals surface area contributed by atoms with Crippen LogP contribution in [0.15, 0.2) is 66.7 Å². The van der Waals surface area contributed by atoms with Crippen LogP contribution in [-0.2, 0) is 13.5 Å². The molecule has 0 saturated heterocycles. The van der Waals surface area contributed by atoms with E-state index in [0.717, 1.165) is 35.2 Å². The molecule has 29 heavy (non-hydrogen) atoms. The topological polar surface area (TPSA) is 16.4 Å². The summed E-state index contributed by atoms with van der Waals surface area (Å²) < 4.78 is 21.6. The summed E-state index contributed by atoms with van der Waals surface area (Å²) in [4.78, 5) is 2.11. The zero-order valence-electron chi connectivity index (χ0n) is 17.2. The van der Waals surface area contributed by atoms with Crippen molar-refractivity contribution in [2.45, 2.75) is 6.42 Å². The van der Waals surface area contributed by atoms with Gasteiger partial charge < -0.3 is 9.64 Å². The monoisotopic (exact) mass is 389 g/mol. The second-order valence-electron chi connectivity index (χ2n) is 7.69. The minimum absolute atomic E-state index is 0.209. The normalized spacial score (nSPS) is 11.5. The van der Waals surface area contributed by atoms with Crippen LogP contribution in [0.2, 0.25) is 0 Å². The Morgan fingerprint density at radius 1 is 0.897 bits per heavy atom. The lowest BCUT2D eigenvalue weighted by atomic mass is 9.96. The maximum absolute atomic E-state index is 13.4. The lowest BCUT2D eigenvalue weighted by Gasteiger charge is -2.14. The molecule has 3 nitrogen and oxygen atoms in total. The molecule has 0 bridgehead atoms. The summed E-state index contributed by atoms with van der Waals surface area (Å²) in [5.74, 6) is 0.662. The number of nitrogens with zero attached hydrogens (tertiary/aromatic N) is 2. The zero-order valence-corrected chi connectivity index (χ0v) is 17.2. The quantitative estimate of drug-likeness (QED) is 0.357. The van der Waals surface area contributed by atoms with Gasteiger partial charge in [-0.15, -0.1) is 0 Å². The highest BCUT2D eigenvalue weighted by Crippen LogP contribution is 2.29. The van der Waals surface area contributed by atoms with Crippen molar-refractivity contribution >= 4 is 21.8 Å². The van der Waals surface area contributed by atoms with Crippen molar-refractivity contribution in [3.05, 3.63) is 83.7 Å². The molecule has 0 unspecified atom stereocenters. The number of para-hydroxylation sites is 1. The lowest BCUT2D eigenvalue weighted by molar-refractivity contribution is -0.617. The van der Waals surface area contributed by atoms with Crippen LogP contribution in [-0.4, -0.2) is 32.1 Å². The van der Waals surface area contributed by atoms with E-state index in [-0.39, 0.29) is 5.82 Å². The highest BCUT2D eigenvalue weighted by Gasteiger charge is 2.18. The van der Waals surface area contributed by atoms with Gasteiger partial charge in [0.05, 0.1) is 10.8 Å². The van der Waals surface area contributed by atoms with Crippen LogP contribution in [0.25, 0.3) is 21.8 Å². The van der Waals surface area contributed by atoms with Gasteiger partial charge in [0.2, 0.25) is 11.0 Å². The molecule has 148 valence electrons. The number of hydrogen-bond donors (Lipinski definition) is 0. The van der Waals surface area contributed by atoms with Crippen LogP contribution in [0.3, 0.4) is 0 Å². The number of halogens is 1. The fraction of sp³-hybridized carbons (Fsp3) is 0.240. The van der Waals surface area contributed by atoms with Gasteiger partial charge in [-0.3, -0.25) is 0 Å². The van der Waals surface area contributed by atoms with Gasteiger partial charge in [0.25, 0.3) is 0 Å². The molecule has 0 aliphatic rings. The predicted molar refractivity (Wildman–Crippen MR) is 116 cm³/mol. The Hall–Kier alpha value is -2.98. The van der Waals surface area contributed by atoms with E-state index in [4.69, 9.17) is 4.74 Å².